The van der Waals surface area contributed by atoms with Gasteiger partial charge in [-0.3, -0.25) is 9.89 Å². The maximum Gasteiger partial charge on any atom is 0.249 e. The van der Waals surface area contributed by atoms with Crippen LogP contribution in [0.15, 0.2) is 29.4 Å². The number of nitrogens with one attached hydrogen (secondary N) is 2. The molecular weight excluding hydrogens is 282 g/mol. The van der Waals surface area contributed by atoms with E-state index in [1.807, 2.05) is 0 Å². The molecule has 1 amide bonds. The number of H-pyrrole nitrogens is 1. The van der Waals surface area contributed by atoms with Gasteiger partial charge in [0.2, 0.25) is 15.9 Å². The van der Waals surface area contributed by atoms with Crippen molar-refractivity contribution >= 4 is 15.9 Å². The molecule has 1 heterocycles. The van der Waals surface area contributed by atoms with Crippen LogP contribution in [0.4, 0.5) is 0 Å². The van der Waals surface area contributed by atoms with Crippen LogP contribution in [0.1, 0.15) is 21.7 Å². The summed E-state index contributed by atoms with van der Waals surface area (Å²) in [4.78, 5) is 15.0. The Morgan fingerprint density at radius 2 is 2.20 bits per heavy atom. The van der Waals surface area contributed by atoms with Crippen molar-refractivity contribution in [3.8, 4) is 0 Å². The van der Waals surface area contributed by atoms with Crippen molar-refractivity contribution in [1.82, 2.24) is 19.9 Å². The van der Waals surface area contributed by atoms with Crippen molar-refractivity contribution in [2.24, 2.45) is 5.73 Å². The van der Waals surface area contributed by atoms with Gasteiger partial charge in [0.15, 0.2) is 0 Å². The van der Waals surface area contributed by atoms with Gasteiger partial charge in [0.05, 0.1) is 11.4 Å². The number of nitrogens with zero attached hydrogens (tertiary/aromatic N) is 2. The Bertz CT molecular complexity index is 725. The van der Waals surface area contributed by atoms with Gasteiger partial charge in [0.1, 0.15) is 12.2 Å². The van der Waals surface area contributed by atoms with E-state index >= 15 is 0 Å². The van der Waals surface area contributed by atoms with Crippen LogP contribution in [0.3, 0.4) is 0 Å². The van der Waals surface area contributed by atoms with Gasteiger partial charge in [-0.1, -0.05) is 6.07 Å². The lowest BCUT2D eigenvalue weighted by Gasteiger charge is -2.08. The molecule has 106 valence electrons. The summed E-state index contributed by atoms with van der Waals surface area (Å²) in [7, 11) is -3.75. The van der Waals surface area contributed by atoms with Gasteiger partial charge >= 0.3 is 0 Å². The molecule has 0 aliphatic carbocycles. The molecule has 2 aromatic rings. The lowest BCUT2D eigenvalue weighted by molar-refractivity contribution is 0.0999. The van der Waals surface area contributed by atoms with E-state index in [-0.39, 0.29) is 17.0 Å². The van der Waals surface area contributed by atoms with Crippen molar-refractivity contribution in [1.29, 1.82) is 0 Å². The maximum atomic E-state index is 12.1. The third kappa shape index (κ3) is 3.00. The van der Waals surface area contributed by atoms with Gasteiger partial charge in [-0.05, 0) is 24.6 Å². The number of hydrogen-bond donors (Lipinski definition) is 3. The van der Waals surface area contributed by atoms with E-state index in [1.165, 1.54) is 24.5 Å². The number of hydrogen-bond acceptors (Lipinski definition) is 5. The molecule has 0 saturated carbocycles. The number of amides is 1. The third-order valence-corrected chi connectivity index (χ3v) is 4.08. The van der Waals surface area contributed by atoms with Gasteiger partial charge in [-0.15, -0.1) is 0 Å². The lowest BCUT2D eigenvalue weighted by atomic mass is 10.1. The number of aryl methyl sites for hydroxylation is 1. The Morgan fingerprint density at radius 3 is 2.80 bits per heavy atom. The van der Waals surface area contributed by atoms with E-state index in [4.69, 9.17) is 5.73 Å². The van der Waals surface area contributed by atoms with Crippen LogP contribution in [0.2, 0.25) is 0 Å². The summed E-state index contributed by atoms with van der Waals surface area (Å²) in [6.07, 6.45) is 1.28. The highest BCUT2D eigenvalue weighted by Crippen LogP contribution is 2.15. The number of aromatic amines is 1. The molecule has 0 aliphatic heterocycles. The fraction of sp³-hybridized carbons (Fsp3) is 0.182. The van der Waals surface area contributed by atoms with E-state index in [0.29, 0.717) is 11.4 Å². The topological polar surface area (TPSA) is 131 Å². The number of sulfonamides is 1. The second-order valence-corrected chi connectivity index (χ2v) is 5.86. The zero-order chi connectivity index (χ0) is 14.8. The van der Waals surface area contributed by atoms with E-state index < -0.39 is 15.9 Å². The summed E-state index contributed by atoms with van der Waals surface area (Å²) in [5.41, 5.74) is 5.99. The van der Waals surface area contributed by atoms with Crippen LogP contribution in [0, 0.1) is 6.92 Å². The Balaban J connectivity index is 2.25. The largest absolute Gasteiger partial charge is 0.366 e. The minimum absolute atomic E-state index is 0.0257. The first-order valence-electron chi connectivity index (χ1n) is 5.64. The normalized spacial score (nSPS) is 11.4. The first-order valence-corrected chi connectivity index (χ1v) is 7.13. The van der Waals surface area contributed by atoms with E-state index in [1.54, 1.807) is 6.92 Å². The number of primary amides is 1. The number of carbonyl (C=O) groups excluding carboxylic acids is 1. The van der Waals surface area contributed by atoms with Crippen LogP contribution < -0.4 is 10.5 Å². The second kappa shape index (κ2) is 5.39. The fourth-order valence-corrected chi connectivity index (χ4v) is 2.61. The number of rotatable bonds is 5. The smallest absolute Gasteiger partial charge is 0.249 e. The predicted octanol–water partition coefficient (Wildman–Crippen LogP) is -0.309. The molecule has 2 rings (SSSR count). The summed E-state index contributed by atoms with van der Waals surface area (Å²) >= 11 is 0. The Hall–Kier alpha value is -2.26. The molecule has 20 heavy (non-hydrogen) atoms. The quantitative estimate of drug-likeness (QED) is 0.696. The molecule has 4 N–H and O–H groups in total. The zero-order valence-electron chi connectivity index (χ0n) is 10.6. The van der Waals surface area contributed by atoms with Crippen molar-refractivity contribution in [2.45, 2.75) is 18.4 Å². The number of benzene rings is 1. The van der Waals surface area contributed by atoms with Gasteiger partial charge in [0.25, 0.3) is 0 Å². The molecule has 1 aromatic carbocycles. The molecule has 0 spiro atoms. The SMILES string of the molecule is Cc1ccc(S(=O)(=O)NCc2ncn[nH]2)cc1C(N)=O. The number of nitrogens with two attached hydrogens (primary N) is 1. The highest BCUT2D eigenvalue weighted by atomic mass is 32.2. The predicted molar refractivity (Wildman–Crippen MR) is 70.1 cm³/mol. The van der Waals surface area contributed by atoms with E-state index in [2.05, 4.69) is 19.9 Å². The Labute approximate surface area is 115 Å². The molecule has 0 unspecified atom stereocenters. The number of aromatic nitrogens is 3. The van der Waals surface area contributed by atoms with Crippen LogP contribution in [-0.2, 0) is 16.6 Å². The summed E-state index contributed by atoms with van der Waals surface area (Å²) in [6.45, 7) is 1.65. The van der Waals surface area contributed by atoms with Crippen LogP contribution in [-0.4, -0.2) is 29.5 Å². The van der Waals surface area contributed by atoms with Crippen LogP contribution in [0.25, 0.3) is 0 Å². The lowest BCUT2D eigenvalue weighted by Crippen LogP contribution is -2.24. The molecule has 0 atom stereocenters. The highest BCUT2D eigenvalue weighted by Gasteiger charge is 2.17. The molecule has 0 bridgehead atoms. The van der Waals surface area contributed by atoms with Gasteiger partial charge in [0, 0.05) is 5.56 Å². The Kier molecular flexibility index (Phi) is 3.81. The van der Waals surface area contributed by atoms with Gasteiger partial charge < -0.3 is 5.73 Å². The summed E-state index contributed by atoms with van der Waals surface area (Å²) < 4.78 is 26.5. The monoisotopic (exact) mass is 295 g/mol. The zero-order valence-corrected chi connectivity index (χ0v) is 11.4. The van der Waals surface area contributed by atoms with E-state index in [9.17, 15) is 13.2 Å². The third-order valence-electron chi connectivity index (χ3n) is 2.68. The molecule has 0 radical (unpaired) electrons. The van der Waals surface area contributed by atoms with Crippen molar-refractivity contribution < 1.29 is 13.2 Å². The number of carbonyl (C=O) groups is 1. The first kappa shape index (κ1) is 14.2. The summed E-state index contributed by atoms with van der Waals surface area (Å²) in [5.74, 6) is -0.286. The van der Waals surface area contributed by atoms with Gasteiger partial charge in [-0.25, -0.2) is 18.1 Å². The second-order valence-electron chi connectivity index (χ2n) is 4.10. The minimum atomic E-state index is -3.75. The minimum Gasteiger partial charge on any atom is -0.366 e. The van der Waals surface area contributed by atoms with Gasteiger partial charge in [-0.2, -0.15) is 5.10 Å². The van der Waals surface area contributed by atoms with Crippen LogP contribution >= 0.6 is 0 Å². The van der Waals surface area contributed by atoms with Crippen molar-refractivity contribution in [3.05, 3.63) is 41.5 Å². The molecule has 0 fully saturated rings. The molecule has 9 heteroatoms. The summed E-state index contributed by atoms with van der Waals surface area (Å²) in [5, 5.41) is 6.15. The van der Waals surface area contributed by atoms with Crippen LogP contribution in [0.5, 0.6) is 0 Å². The highest BCUT2D eigenvalue weighted by molar-refractivity contribution is 7.89. The summed E-state index contributed by atoms with van der Waals surface area (Å²) in [6, 6.07) is 4.19. The first-order chi connectivity index (χ1) is 9.40. The standard InChI is InChI=1S/C11H13N5O3S/c1-7-2-3-8(4-9(7)11(12)17)20(18,19)15-5-10-13-6-14-16-10/h2-4,6,15H,5H2,1H3,(H2,12,17)(H,13,14,16). The average Bonchev–Trinajstić information content (AvgIpc) is 2.89. The molecule has 8 nitrogen and oxygen atoms in total. The van der Waals surface area contributed by atoms with E-state index in [0.717, 1.165) is 0 Å². The fourth-order valence-electron chi connectivity index (χ4n) is 1.60. The maximum absolute atomic E-state index is 12.1. The Morgan fingerprint density at radius 1 is 1.45 bits per heavy atom. The average molecular weight is 295 g/mol. The molecular formula is C11H13N5O3S. The van der Waals surface area contributed by atoms with Crippen molar-refractivity contribution in [3.63, 3.8) is 0 Å². The molecule has 1 aromatic heterocycles. The van der Waals surface area contributed by atoms with Crippen molar-refractivity contribution in [2.75, 3.05) is 0 Å². The molecule has 0 saturated heterocycles. The molecule has 0 aliphatic rings.